The van der Waals surface area contributed by atoms with E-state index in [1.54, 1.807) is 12.1 Å². The summed E-state index contributed by atoms with van der Waals surface area (Å²) in [4.78, 5) is 12.4. The highest BCUT2D eigenvalue weighted by molar-refractivity contribution is 7.89. The first-order valence-corrected chi connectivity index (χ1v) is 9.17. The SMILES string of the molecule is Cl.O=C(NC1CCNCC1)c1cccc(S(=O)(=O)NC2CC2)c1. The Bertz CT molecular complexity index is 656. The Morgan fingerprint density at radius 1 is 1.09 bits per heavy atom. The van der Waals surface area contributed by atoms with Gasteiger partial charge in [-0.15, -0.1) is 12.4 Å². The predicted octanol–water partition coefficient (Wildman–Crippen LogP) is 1.03. The van der Waals surface area contributed by atoms with Gasteiger partial charge in [-0.1, -0.05) is 6.07 Å². The van der Waals surface area contributed by atoms with Crippen molar-refractivity contribution in [1.82, 2.24) is 15.4 Å². The van der Waals surface area contributed by atoms with E-state index in [4.69, 9.17) is 0 Å². The van der Waals surface area contributed by atoms with E-state index in [9.17, 15) is 13.2 Å². The molecule has 2 aliphatic rings. The Labute approximate surface area is 142 Å². The van der Waals surface area contributed by atoms with Gasteiger partial charge in [0.2, 0.25) is 10.0 Å². The zero-order valence-electron chi connectivity index (χ0n) is 12.7. The van der Waals surface area contributed by atoms with Gasteiger partial charge < -0.3 is 10.6 Å². The molecular formula is C15H22ClN3O3S. The van der Waals surface area contributed by atoms with Gasteiger partial charge in [0.05, 0.1) is 4.90 Å². The van der Waals surface area contributed by atoms with Gasteiger partial charge in [0.25, 0.3) is 5.91 Å². The standard InChI is InChI=1S/C15H21N3O3S.ClH/c19-15(17-12-6-8-16-9-7-12)11-2-1-3-14(10-11)22(20,21)18-13-4-5-13;/h1-3,10,12-13,16,18H,4-9H2,(H,17,19);1H. The Kier molecular flexibility index (Phi) is 6.02. The Morgan fingerprint density at radius 3 is 2.43 bits per heavy atom. The van der Waals surface area contributed by atoms with Crippen LogP contribution in [-0.2, 0) is 10.0 Å². The largest absolute Gasteiger partial charge is 0.349 e. The van der Waals surface area contributed by atoms with Crippen LogP contribution >= 0.6 is 12.4 Å². The lowest BCUT2D eigenvalue weighted by atomic mass is 10.1. The number of rotatable bonds is 5. The second-order valence-corrected chi connectivity index (χ2v) is 7.64. The summed E-state index contributed by atoms with van der Waals surface area (Å²) in [5, 5.41) is 6.21. The molecular weight excluding hydrogens is 338 g/mol. The normalized spacial score (nSPS) is 19.0. The van der Waals surface area contributed by atoms with Gasteiger partial charge in [-0.3, -0.25) is 4.79 Å². The highest BCUT2D eigenvalue weighted by Gasteiger charge is 2.28. The molecule has 2 fully saturated rings. The van der Waals surface area contributed by atoms with Crippen molar-refractivity contribution in [2.75, 3.05) is 13.1 Å². The summed E-state index contributed by atoms with van der Waals surface area (Å²) < 4.78 is 27.0. The molecule has 1 heterocycles. The number of amides is 1. The molecule has 0 spiro atoms. The van der Waals surface area contributed by atoms with E-state index in [-0.39, 0.29) is 35.3 Å². The minimum Gasteiger partial charge on any atom is -0.349 e. The van der Waals surface area contributed by atoms with Crippen molar-refractivity contribution in [3.63, 3.8) is 0 Å². The zero-order valence-corrected chi connectivity index (χ0v) is 14.4. The Balaban J connectivity index is 0.00000192. The number of nitrogens with one attached hydrogen (secondary N) is 3. The lowest BCUT2D eigenvalue weighted by Crippen LogP contribution is -2.42. The maximum Gasteiger partial charge on any atom is 0.251 e. The van der Waals surface area contributed by atoms with Gasteiger partial charge in [0.1, 0.15) is 0 Å². The zero-order chi connectivity index (χ0) is 15.6. The fourth-order valence-electron chi connectivity index (χ4n) is 2.53. The van der Waals surface area contributed by atoms with Gasteiger partial charge in [-0.25, -0.2) is 13.1 Å². The Morgan fingerprint density at radius 2 is 1.78 bits per heavy atom. The molecule has 23 heavy (non-hydrogen) atoms. The molecule has 1 aromatic carbocycles. The number of carbonyl (C=O) groups excluding carboxylic acids is 1. The molecule has 0 unspecified atom stereocenters. The molecule has 0 radical (unpaired) electrons. The lowest BCUT2D eigenvalue weighted by Gasteiger charge is -2.23. The molecule has 1 saturated carbocycles. The number of sulfonamides is 1. The molecule has 0 aromatic heterocycles. The number of carbonyl (C=O) groups is 1. The van der Waals surface area contributed by atoms with Crippen LogP contribution in [0.3, 0.4) is 0 Å². The van der Waals surface area contributed by atoms with E-state index in [2.05, 4.69) is 15.4 Å². The van der Waals surface area contributed by atoms with Gasteiger partial charge in [0.15, 0.2) is 0 Å². The van der Waals surface area contributed by atoms with Gasteiger partial charge >= 0.3 is 0 Å². The highest BCUT2D eigenvalue weighted by atomic mass is 35.5. The van der Waals surface area contributed by atoms with Crippen molar-refractivity contribution in [2.24, 2.45) is 0 Å². The summed E-state index contributed by atoms with van der Waals surface area (Å²) in [5.74, 6) is -0.213. The highest BCUT2D eigenvalue weighted by Crippen LogP contribution is 2.22. The van der Waals surface area contributed by atoms with Gasteiger partial charge in [0, 0.05) is 17.6 Å². The van der Waals surface area contributed by atoms with Crippen LogP contribution in [0.25, 0.3) is 0 Å². The minimum absolute atomic E-state index is 0. The third kappa shape index (κ3) is 4.91. The molecule has 1 amide bonds. The van der Waals surface area contributed by atoms with Crippen molar-refractivity contribution in [1.29, 1.82) is 0 Å². The quantitative estimate of drug-likeness (QED) is 0.732. The minimum atomic E-state index is -3.53. The topological polar surface area (TPSA) is 87.3 Å². The van der Waals surface area contributed by atoms with Crippen molar-refractivity contribution in [3.05, 3.63) is 29.8 Å². The average molecular weight is 360 g/mol. The summed E-state index contributed by atoms with van der Waals surface area (Å²) in [6.45, 7) is 1.79. The fraction of sp³-hybridized carbons (Fsp3) is 0.533. The predicted molar refractivity (Wildman–Crippen MR) is 90.4 cm³/mol. The summed E-state index contributed by atoms with van der Waals surface area (Å²) >= 11 is 0. The molecule has 1 aliphatic carbocycles. The third-order valence-corrected chi connectivity index (χ3v) is 5.50. The molecule has 3 rings (SSSR count). The average Bonchev–Trinajstić information content (AvgIpc) is 3.32. The van der Waals surface area contributed by atoms with Crippen LogP contribution in [0.2, 0.25) is 0 Å². The van der Waals surface area contributed by atoms with E-state index in [0.29, 0.717) is 5.56 Å². The van der Waals surface area contributed by atoms with Crippen molar-refractivity contribution in [2.45, 2.75) is 42.7 Å². The summed E-state index contributed by atoms with van der Waals surface area (Å²) in [6, 6.07) is 6.43. The van der Waals surface area contributed by atoms with Crippen LogP contribution in [0, 0.1) is 0 Å². The van der Waals surface area contributed by atoms with Crippen LogP contribution in [0.1, 0.15) is 36.0 Å². The molecule has 6 nitrogen and oxygen atoms in total. The monoisotopic (exact) mass is 359 g/mol. The van der Waals surface area contributed by atoms with Crippen LogP contribution < -0.4 is 15.4 Å². The van der Waals surface area contributed by atoms with E-state index in [1.165, 1.54) is 12.1 Å². The summed E-state index contributed by atoms with van der Waals surface area (Å²) in [5.41, 5.74) is 0.386. The first kappa shape index (κ1) is 18.2. The number of halogens is 1. The van der Waals surface area contributed by atoms with Crippen molar-refractivity contribution >= 4 is 28.3 Å². The number of hydrogen-bond donors (Lipinski definition) is 3. The van der Waals surface area contributed by atoms with E-state index in [0.717, 1.165) is 38.8 Å². The lowest BCUT2D eigenvalue weighted by molar-refractivity contribution is 0.0929. The third-order valence-electron chi connectivity index (χ3n) is 3.98. The van der Waals surface area contributed by atoms with E-state index in [1.807, 2.05) is 0 Å². The van der Waals surface area contributed by atoms with Crippen molar-refractivity contribution < 1.29 is 13.2 Å². The number of piperidine rings is 1. The van der Waals surface area contributed by atoms with Crippen LogP contribution in [0.4, 0.5) is 0 Å². The van der Waals surface area contributed by atoms with Crippen LogP contribution in [0.5, 0.6) is 0 Å². The molecule has 128 valence electrons. The molecule has 0 atom stereocenters. The second-order valence-electron chi connectivity index (χ2n) is 5.92. The van der Waals surface area contributed by atoms with Crippen LogP contribution in [0.15, 0.2) is 29.2 Å². The molecule has 0 bridgehead atoms. The van der Waals surface area contributed by atoms with E-state index >= 15 is 0 Å². The maximum atomic E-state index is 12.3. The fourth-order valence-corrected chi connectivity index (χ4v) is 3.88. The first-order chi connectivity index (χ1) is 10.5. The molecule has 1 saturated heterocycles. The van der Waals surface area contributed by atoms with Crippen molar-refractivity contribution in [3.8, 4) is 0 Å². The molecule has 1 aromatic rings. The van der Waals surface area contributed by atoms with E-state index < -0.39 is 10.0 Å². The first-order valence-electron chi connectivity index (χ1n) is 7.68. The Hall–Kier alpha value is -1.15. The van der Waals surface area contributed by atoms with Gasteiger partial charge in [-0.05, 0) is 57.0 Å². The smallest absolute Gasteiger partial charge is 0.251 e. The number of hydrogen-bond acceptors (Lipinski definition) is 4. The van der Waals surface area contributed by atoms with Gasteiger partial charge in [-0.2, -0.15) is 0 Å². The second kappa shape index (κ2) is 7.61. The maximum absolute atomic E-state index is 12.3. The van der Waals surface area contributed by atoms with Crippen LogP contribution in [-0.4, -0.2) is 39.5 Å². The summed E-state index contributed by atoms with van der Waals surface area (Å²) in [6.07, 6.45) is 3.56. The molecule has 1 aliphatic heterocycles. The molecule has 3 N–H and O–H groups in total. The summed E-state index contributed by atoms with van der Waals surface area (Å²) in [7, 11) is -3.53. The number of benzene rings is 1. The molecule has 8 heteroatoms.